The average Bonchev–Trinajstić information content (AvgIpc) is 2.99. The van der Waals surface area contributed by atoms with Gasteiger partial charge >= 0.3 is 0 Å². The van der Waals surface area contributed by atoms with Crippen LogP contribution in [0.1, 0.15) is 25.0 Å². The average molecular weight is 498 g/mol. The quantitative estimate of drug-likeness (QED) is 0.317. The number of thioether (sulfide) groups is 1. The maximum Gasteiger partial charge on any atom is 0.284 e. The number of nitrogens with one attached hydrogen (secondary N) is 1. The van der Waals surface area contributed by atoms with E-state index in [0.717, 1.165) is 37.4 Å². The van der Waals surface area contributed by atoms with Gasteiger partial charge in [-0.05, 0) is 49.6 Å². The molecule has 1 N–H and O–H groups in total. The van der Waals surface area contributed by atoms with Gasteiger partial charge < -0.3 is 9.88 Å². The highest BCUT2D eigenvalue weighted by molar-refractivity contribution is 7.99. The van der Waals surface area contributed by atoms with Gasteiger partial charge in [0, 0.05) is 17.3 Å². The Labute approximate surface area is 204 Å². The van der Waals surface area contributed by atoms with Crippen molar-refractivity contribution in [2.75, 3.05) is 11.1 Å². The first-order chi connectivity index (χ1) is 16.5. The fourth-order valence-corrected chi connectivity index (χ4v) is 5.11. The monoisotopic (exact) mass is 497 g/mol. The first kappa shape index (κ1) is 22.6. The Morgan fingerprint density at radius 2 is 1.97 bits per heavy atom. The SMILES string of the molecule is O=C(CSc1nc2nn(-c3ccccc3)c(=O)c-2c2n1CCCCC2)Nc1ccc(Cl)cc1F. The number of anilines is 1. The summed E-state index contributed by atoms with van der Waals surface area (Å²) in [5.41, 5.74) is 2.00. The Hall–Kier alpha value is -3.17. The van der Waals surface area contributed by atoms with E-state index in [-0.39, 0.29) is 27.9 Å². The van der Waals surface area contributed by atoms with Crippen LogP contribution in [0.3, 0.4) is 0 Å². The van der Waals surface area contributed by atoms with Crippen LogP contribution < -0.4 is 10.9 Å². The topological polar surface area (TPSA) is 81.8 Å². The van der Waals surface area contributed by atoms with E-state index in [2.05, 4.69) is 15.4 Å². The lowest BCUT2D eigenvalue weighted by Gasteiger charge is -2.17. The van der Waals surface area contributed by atoms with E-state index in [0.29, 0.717) is 28.8 Å². The van der Waals surface area contributed by atoms with Crippen molar-refractivity contribution in [2.24, 2.45) is 0 Å². The van der Waals surface area contributed by atoms with Crippen LogP contribution in [0, 0.1) is 5.82 Å². The maximum atomic E-state index is 14.0. The number of amides is 1. The summed E-state index contributed by atoms with van der Waals surface area (Å²) in [5, 5.41) is 7.95. The van der Waals surface area contributed by atoms with Gasteiger partial charge in [0.1, 0.15) is 11.4 Å². The molecule has 7 nitrogen and oxygen atoms in total. The van der Waals surface area contributed by atoms with Crippen LogP contribution >= 0.6 is 23.4 Å². The molecule has 0 saturated carbocycles. The number of fused-ring (bicyclic) bond motifs is 3. The number of hydrogen-bond donors (Lipinski definition) is 1. The van der Waals surface area contributed by atoms with E-state index >= 15 is 0 Å². The van der Waals surface area contributed by atoms with Crippen molar-refractivity contribution < 1.29 is 9.18 Å². The Kier molecular flexibility index (Phi) is 6.38. The van der Waals surface area contributed by atoms with E-state index in [4.69, 9.17) is 11.6 Å². The number of carbonyl (C=O) groups is 1. The van der Waals surface area contributed by atoms with E-state index in [1.807, 2.05) is 34.9 Å². The van der Waals surface area contributed by atoms with Crippen molar-refractivity contribution >= 4 is 35.0 Å². The van der Waals surface area contributed by atoms with Crippen molar-refractivity contribution in [1.82, 2.24) is 19.3 Å². The van der Waals surface area contributed by atoms with Crippen molar-refractivity contribution in [3.05, 3.63) is 75.4 Å². The van der Waals surface area contributed by atoms with Gasteiger partial charge in [-0.1, -0.05) is 48.0 Å². The largest absolute Gasteiger partial charge is 0.324 e. The molecule has 5 rings (SSSR count). The Morgan fingerprint density at radius 3 is 2.76 bits per heavy atom. The zero-order valence-electron chi connectivity index (χ0n) is 18.1. The summed E-state index contributed by atoms with van der Waals surface area (Å²) >= 11 is 7.02. The standard InChI is InChI=1S/C24H21ClFN5O2S/c25-15-10-11-18(17(26)13-15)27-20(32)14-34-24-28-22-21(19-9-5-2-6-12-30(19)24)23(33)31(29-22)16-7-3-1-4-8-16/h1,3-4,7-8,10-11,13H,2,5-6,9,12,14H2,(H,27,32). The minimum atomic E-state index is -0.594. The molecular formula is C24H21ClFN5O2S. The molecule has 0 saturated heterocycles. The molecule has 0 atom stereocenters. The lowest BCUT2D eigenvalue weighted by molar-refractivity contribution is -0.113. The van der Waals surface area contributed by atoms with Gasteiger partial charge in [0.05, 0.1) is 17.1 Å². The molecule has 2 aromatic rings. The van der Waals surface area contributed by atoms with Crippen molar-refractivity contribution in [2.45, 2.75) is 37.4 Å². The zero-order chi connectivity index (χ0) is 23.7. The van der Waals surface area contributed by atoms with Gasteiger partial charge in [-0.3, -0.25) is 9.59 Å². The fourth-order valence-electron chi connectivity index (χ4n) is 4.12. The van der Waals surface area contributed by atoms with Crippen LogP contribution in [0.25, 0.3) is 17.1 Å². The molecule has 0 bridgehead atoms. The van der Waals surface area contributed by atoms with Crippen molar-refractivity contribution in [3.63, 3.8) is 0 Å². The third-order valence-corrected chi connectivity index (χ3v) is 6.92. The van der Waals surface area contributed by atoms with Crippen molar-refractivity contribution in [3.8, 4) is 17.1 Å². The summed E-state index contributed by atoms with van der Waals surface area (Å²) in [6.45, 7) is 0.712. The smallest absolute Gasteiger partial charge is 0.284 e. The Bertz CT molecular complexity index is 1390. The third kappa shape index (κ3) is 4.45. The molecule has 0 unspecified atom stereocenters. The van der Waals surface area contributed by atoms with Gasteiger partial charge in [0.25, 0.3) is 5.56 Å². The second kappa shape index (κ2) is 9.60. The molecule has 3 aliphatic rings. The van der Waals surface area contributed by atoms with Crippen LogP contribution in [0.15, 0.2) is 58.5 Å². The van der Waals surface area contributed by atoms with Gasteiger partial charge in [-0.2, -0.15) is 4.68 Å². The molecule has 0 aliphatic carbocycles. The molecule has 2 aromatic carbocycles. The van der Waals surface area contributed by atoms with Crippen molar-refractivity contribution in [1.29, 1.82) is 0 Å². The highest BCUT2D eigenvalue weighted by Crippen LogP contribution is 2.30. The molecule has 174 valence electrons. The number of rotatable bonds is 5. The number of para-hydroxylation sites is 1. The number of hydrogen-bond acceptors (Lipinski definition) is 5. The molecule has 1 amide bonds. The van der Waals surface area contributed by atoms with Gasteiger partial charge in [0.2, 0.25) is 5.91 Å². The number of carbonyl (C=O) groups excluding carboxylic acids is 1. The lowest BCUT2D eigenvalue weighted by Crippen LogP contribution is -2.20. The minimum absolute atomic E-state index is 0.0314. The van der Waals surface area contributed by atoms with Gasteiger partial charge in [0.15, 0.2) is 11.0 Å². The number of halogens is 2. The first-order valence-corrected chi connectivity index (χ1v) is 12.3. The third-order valence-electron chi connectivity index (χ3n) is 5.71. The number of nitrogens with zero attached hydrogens (tertiary/aromatic N) is 4. The second-order valence-corrected chi connectivity index (χ2v) is 9.39. The molecule has 0 fully saturated rings. The summed E-state index contributed by atoms with van der Waals surface area (Å²) in [7, 11) is 0. The van der Waals surface area contributed by atoms with Gasteiger partial charge in [-0.15, -0.1) is 5.10 Å². The molecule has 34 heavy (non-hydrogen) atoms. The van der Waals surface area contributed by atoms with Crippen LogP contribution in [-0.2, 0) is 17.8 Å². The molecule has 3 heterocycles. The molecular weight excluding hydrogens is 477 g/mol. The summed E-state index contributed by atoms with van der Waals surface area (Å²) in [6, 6.07) is 13.3. The minimum Gasteiger partial charge on any atom is -0.324 e. The molecule has 0 radical (unpaired) electrons. The number of benzene rings is 2. The van der Waals surface area contributed by atoms with Crippen LogP contribution in [-0.4, -0.2) is 31.0 Å². The molecule has 10 heteroatoms. The van der Waals surface area contributed by atoms with Gasteiger partial charge in [-0.25, -0.2) is 9.37 Å². The normalized spacial score (nSPS) is 13.5. The summed E-state index contributed by atoms with van der Waals surface area (Å²) in [5.74, 6) is -0.559. The zero-order valence-corrected chi connectivity index (χ0v) is 19.7. The summed E-state index contributed by atoms with van der Waals surface area (Å²) in [6.07, 6.45) is 3.71. The van der Waals surface area contributed by atoms with E-state index in [1.165, 1.54) is 28.6 Å². The molecule has 0 spiro atoms. The lowest BCUT2D eigenvalue weighted by atomic mass is 10.1. The predicted molar refractivity (Wildman–Crippen MR) is 131 cm³/mol. The van der Waals surface area contributed by atoms with E-state index < -0.39 is 5.82 Å². The Balaban J connectivity index is 1.47. The predicted octanol–water partition coefficient (Wildman–Crippen LogP) is 4.78. The Morgan fingerprint density at radius 1 is 1.15 bits per heavy atom. The summed E-state index contributed by atoms with van der Waals surface area (Å²) in [4.78, 5) is 30.5. The first-order valence-electron chi connectivity index (χ1n) is 11.0. The maximum absolute atomic E-state index is 14.0. The number of aromatic nitrogens is 4. The molecule has 3 aliphatic heterocycles. The highest BCUT2D eigenvalue weighted by atomic mass is 35.5. The summed E-state index contributed by atoms with van der Waals surface area (Å²) < 4.78 is 17.5. The second-order valence-electron chi connectivity index (χ2n) is 8.02. The fraction of sp³-hybridized carbons (Fsp3) is 0.250. The van der Waals surface area contributed by atoms with Crippen LogP contribution in [0.2, 0.25) is 5.02 Å². The highest BCUT2D eigenvalue weighted by Gasteiger charge is 2.27. The van der Waals surface area contributed by atoms with Crippen LogP contribution in [0.4, 0.5) is 10.1 Å². The van der Waals surface area contributed by atoms with Crippen LogP contribution in [0.5, 0.6) is 0 Å². The van der Waals surface area contributed by atoms with E-state index in [1.54, 1.807) is 0 Å². The van der Waals surface area contributed by atoms with E-state index in [9.17, 15) is 14.0 Å². The molecule has 0 aromatic heterocycles.